The third-order valence-corrected chi connectivity index (χ3v) is 5.50. The van der Waals surface area contributed by atoms with Gasteiger partial charge in [-0.15, -0.1) is 0 Å². The summed E-state index contributed by atoms with van der Waals surface area (Å²) in [7, 11) is 0. The minimum atomic E-state index is 0.301. The van der Waals surface area contributed by atoms with E-state index in [2.05, 4.69) is 16.7 Å². The van der Waals surface area contributed by atoms with Gasteiger partial charge in [0.15, 0.2) is 0 Å². The Morgan fingerprint density at radius 1 is 1.19 bits per heavy atom. The van der Waals surface area contributed by atoms with Crippen molar-refractivity contribution in [3.63, 3.8) is 0 Å². The Bertz CT molecular complexity index is 243. The smallest absolute Gasteiger partial charge is 0.0707 e. The third kappa shape index (κ3) is 1.90. The highest BCUT2D eigenvalue weighted by Crippen LogP contribution is 2.36. The van der Waals surface area contributed by atoms with Crippen LogP contribution in [-0.4, -0.2) is 53.8 Å². The fraction of sp³-hybridized carbons (Fsp3) is 1.00. The van der Waals surface area contributed by atoms with Crippen LogP contribution >= 0.6 is 11.8 Å². The zero-order chi connectivity index (χ0) is 11.0. The monoisotopic (exact) mass is 242 g/mol. The fourth-order valence-corrected chi connectivity index (χ4v) is 4.66. The SMILES string of the molecule is NCC1(N2CC3CCC(C2)O3)CCSCC1. The van der Waals surface area contributed by atoms with Gasteiger partial charge in [0.1, 0.15) is 0 Å². The van der Waals surface area contributed by atoms with Crippen molar-refractivity contribution in [3.05, 3.63) is 0 Å². The Kier molecular flexibility index (Phi) is 3.17. The Labute approximate surface area is 102 Å². The first-order valence-electron chi connectivity index (χ1n) is 6.51. The molecular weight excluding hydrogens is 220 g/mol. The highest BCUT2D eigenvalue weighted by Gasteiger charge is 2.43. The van der Waals surface area contributed by atoms with E-state index in [4.69, 9.17) is 10.5 Å². The molecule has 0 spiro atoms. The molecule has 4 heteroatoms. The van der Waals surface area contributed by atoms with Gasteiger partial charge in [-0.3, -0.25) is 4.90 Å². The van der Waals surface area contributed by atoms with Crippen molar-refractivity contribution >= 4 is 11.8 Å². The summed E-state index contributed by atoms with van der Waals surface area (Å²) in [5, 5.41) is 0. The maximum absolute atomic E-state index is 6.09. The second kappa shape index (κ2) is 4.48. The number of rotatable bonds is 2. The summed E-state index contributed by atoms with van der Waals surface area (Å²) in [5.74, 6) is 2.56. The number of nitrogens with zero attached hydrogens (tertiary/aromatic N) is 1. The highest BCUT2D eigenvalue weighted by molar-refractivity contribution is 7.99. The molecule has 3 aliphatic rings. The van der Waals surface area contributed by atoms with Gasteiger partial charge in [0, 0.05) is 25.2 Å². The van der Waals surface area contributed by atoms with Crippen molar-refractivity contribution in [1.29, 1.82) is 0 Å². The average molecular weight is 242 g/mol. The molecule has 0 saturated carbocycles. The highest BCUT2D eigenvalue weighted by atomic mass is 32.2. The lowest BCUT2D eigenvalue weighted by molar-refractivity contribution is -0.0788. The molecule has 3 heterocycles. The molecule has 2 bridgehead atoms. The molecular formula is C12H22N2OS. The number of fused-ring (bicyclic) bond motifs is 2. The summed E-state index contributed by atoms with van der Waals surface area (Å²) in [4.78, 5) is 2.67. The van der Waals surface area contributed by atoms with Crippen LogP contribution in [0.25, 0.3) is 0 Å². The zero-order valence-corrected chi connectivity index (χ0v) is 10.7. The first-order valence-corrected chi connectivity index (χ1v) is 7.66. The molecule has 3 aliphatic heterocycles. The lowest BCUT2D eigenvalue weighted by Crippen LogP contribution is -2.60. The molecule has 3 saturated heterocycles. The molecule has 2 unspecified atom stereocenters. The fourth-order valence-electron chi connectivity index (χ4n) is 3.40. The van der Waals surface area contributed by atoms with E-state index in [1.807, 2.05) is 0 Å². The predicted octanol–water partition coefficient (Wildman–Crippen LogP) is 1.07. The van der Waals surface area contributed by atoms with Crippen LogP contribution < -0.4 is 5.73 Å². The molecule has 0 aliphatic carbocycles. The van der Waals surface area contributed by atoms with E-state index in [-0.39, 0.29) is 0 Å². The molecule has 0 aromatic rings. The molecule has 2 N–H and O–H groups in total. The van der Waals surface area contributed by atoms with Crippen molar-refractivity contribution in [1.82, 2.24) is 4.90 Å². The van der Waals surface area contributed by atoms with Crippen LogP contribution in [0.3, 0.4) is 0 Å². The van der Waals surface area contributed by atoms with Crippen LogP contribution in [0.2, 0.25) is 0 Å². The van der Waals surface area contributed by atoms with E-state index >= 15 is 0 Å². The molecule has 3 rings (SSSR count). The van der Waals surface area contributed by atoms with Crippen molar-refractivity contribution < 1.29 is 4.74 Å². The van der Waals surface area contributed by atoms with Gasteiger partial charge in [-0.1, -0.05) is 0 Å². The van der Waals surface area contributed by atoms with E-state index in [9.17, 15) is 0 Å². The standard InChI is InChI=1S/C12H22N2OS/c13-9-12(3-5-16-6-4-12)14-7-10-1-2-11(8-14)15-10/h10-11H,1-9,13H2. The van der Waals surface area contributed by atoms with E-state index in [0.717, 1.165) is 19.6 Å². The quantitative estimate of drug-likeness (QED) is 0.786. The lowest BCUT2D eigenvalue weighted by Gasteiger charge is -2.49. The summed E-state index contributed by atoms with van der Waals surface area (Å²) in [6.45, 7) is 3.07. The van der Waals surface area contributed by atoms with E-state index in [0.29, 0.717) is 17.7 Å². The maximum atomic E-state index is 6.09. The van der Waals surface area contributed by atoms with Crippen LogP contribution in [0.1, 0.15) is 25.7 Å². The number of ether oxygens (including phenoxy) is 1. The second-order valence-electron chi connectivity index (χ2n) is 5.40. The first kappa shape index (κ1) is 11.3. The van der Waals surface area contributed by atoms with Gasteiger partial charge in [-0.2, -0.15) is 11.8 Å². The Hall–Kier alpha value is 0.230. The topological polar surface area (TPSA) is 38.5 Å². The molecule has 0 radical (unpaired) electrons. The van der Waals surface area contributed by atoms with Crippen molar-refractivity contribution in [3.8, 4) is 0 Å². The van der Waals surface area contributed by atoms with Gasteiger partial charge in [-0.05, 0) is 37.2 Å². The molecule has 2 atom stereocenters. The van der Waals surface area contributed by atoms with Crippen LogP contribution in [0.15, 0.2) is 0 Å². The summed E-state index contributed by atoms with van der Waals surface area (Å²) >= 11 is 2.08. The van der Waals surface area contributed by atoms with Crippen molar-refractivity contribution in [2.75, 3.05) is 31.1 Å². The lowest BCUT2D eigenvalue weighted by atomic mass is 9.89. The maximum Gasteiger partial charge on any atom is 0.0707 e. The minimum Gasteiger partial charge on any atom is -0.372 e. The summed E-state index contributed by atoms with van der Waals surface area (Å²) in [6.07, 6.45) is 6.06. The van der Waals surface area contributed by atoms with E-state index < -0.39 is 0 Å². The van der Waals surface area contributed by atoms with Crippen LogP contribution in [0.4, 0.5) is 0 Å². The number of morpholine rings is 1. The summed E-state index contributed by atoms with van der Waals surface area (Å²) < 4.78 is 5.92. The Balaban J connectivity index is 1.74. The number of likely N-dealkylation sites (tertiary alicyclic amines) is 1. The van der Waals surface area contributed by atoms with Gasteiger partial charge in [0.2, 0.25) is 0 Å². The van der Waals surface area contributed by atoms with Gasteiger partial charge < -0.3 is 10.5 Å². The third-order valence-electron chi connectivity index (χ3n) is 4.52. The van der Waals surface area contributed by atoms with Crippen LogP contribution in [0.5, 0.6) is 0 Å². The van der Waals surface area contributed by atoms with Crippen molar-refractivity contribution in [2.45, 2.75) is 43.4 Å². The first-order chi connectivity index (χ1) is 7.82. The molecule has 3 fully saturated rings. The van der Waals surface area contributed by atoms with Crippen molar-refractivity contribution in [2.24, 2.45) is 5.73 Å². The second-order valence-corrected chi connectivity index (χ2v) is 6.63. The van der Waals surface area contributed by atoms with Gasteiger partial charge in [-0.25, -0.2) is 0 Å². The minimum absolute atomic E-state index is 0.301. The Morgan fingerprint density at radius 3 is 2.38 bits per heavy atom. The summed E-state index contributed by atoms with van der Waals surface area (Å²) in [6, 6.07) is 0. The number of thioether (sulfide) groups is 1. The van der Waals surface area contributed by atoms with Crippen LogP contribution in [-0.2, 0) is 4.74 Å². The average Bonchev–Trinajstić information content (AvgIpc) is 2.69. The molecule has 0 aromatic carbocycles. The normalized spacial score (nSPS) is 38.8. The zero-order valence-electron chi connectivity index (χ0n) is 9.86. The largest absolute Gasteiger partial charge is 0.372 e. The molecule has 0 aromatic heterocycles. The number of hydrogen-bond donors (Lipinski definition) is 1. The van der Waals surface area contributed by atoms with Gasteiger partial charge in [0.05, 0.1) is 12.2 Å². The molecule has 92 valence electrons. The van der Waals surface area contributed by atoms with Gasteiger partial charge >= 0.3 is 0 Å². The Morgan fingerprint density at radius 2 is 1.81 bits per heavy atom. The number of hydrogen-bond acceptors (Lipinski definition) is 4. The molecule has 16 heavy (non-hydrogen) atoms. The van der Waals surface area contributed by atoms with Crippen LogP contribution in [0, 0.1) is 0 Å². The molecule has 3 nitrogen and oxygen atoms in total. The number of nitrogens with two attached hydrogens (primary N) is 1. The molecule has 0 amide bonds. The van der Waals surface area contributed by atoms with E-state index in [1.165, 1.54) is 37.2 Å². The predicted molar refractivity (Wildman–Crippen MR) is 67.8 cm³/mol. The van der Waals surface area contributed by atoms with E-state index in [1.54, 1.807) is 0 Å². The summed E-state index contributed by atoms with van der Waals surface area (Å²) in [5.41, 5.74) is 6.39. The van der Waals surface area contributed by atoms with Gasteiger partial charge in [0.25, 0.3) is 0 Å².